The molecule has 0 bridgehead atoms. The standard InChI is InChI=1S/C11H19OSi.2ClH.Ti/c1-9(2)12-11(13(3)4)10-7-5-6-8-10;;;/h5,7,9,11,13H,6H2,1-4H3;2*1H;/q-1;;;+3/p-2. The summed E-state index contributed by atoms with van der Waals surface area (Å²) in [7, 11) is -0.768. The summed E-state index contributed by atoms with van der Waals surface area (Å²) in [5.74, 6) is 0. The van der Waals surface area contributed by atoms with Crippen molar-refractivity contribution in [3.63, 3.8) is 0 Å². The van der Waals surface area contributed by atoms with Crippen molar-refractivity contribution in [1.29, 1.82) is 0 Å². The smallest absolute Gasteiger partial charge is 1.00 e. The number of ether oxygens (including phenoxy) is 1. The summed E-state index contributed by atoms with van der Waals surface area (Å²) in [6, 6.07) is 0. The van der Waals surface area contributed by atoms with Crippen molar-refractivity contribution in [2.45, 2.75) is 45.2 Å². The Kier molecular flexibility index (Phi) is 15.3. The molecule has 0 heterocycles. The van der Waals surface area contributed by atoms with Crippen molar-refractivity contribution in [1.82, 2.24) is 0 Å². The van der Waals surface area contributed by atoms with Crippen LogP contribution in [0.25, 0.3) is 0 Å². The van der Waals surface area contributed by atoms with E-state index in [0.717, 1.165) is 6.42 Å². The van der Waals surface area contributed by atoms with Crippen molar-refractivity contribution in [2.24, 2.45) is 0 Å². The molecule has 1 aliphatic carbocycles. The molecular weight excluding hydrogens is 295 g/mol. The first kappa shape index (κ1) is 22.2. The van der Waals surface area contributed by atoms with Crippen LogP contribution in [0, 0.1) is 6.08 Å². The molecule has 5 heteroatoms. The first-order chi connectivity index (χ1) is 6.11. The van der Waals surface area contributed by atoms with Crippen molar-refractivity contribution < 1.29 is 51.3 Å². The summed E-state index contributed by atoms with van der Waals surface area (Å²) < 4.78 is 5.91. The molecule has 1 nitrogen and oxygen atoms in total. The quantitative estimate of drug-likeness (QED) is 0.387. The van der Waals surface area contributed by atoms with Gasteiger partial charge in [-0.25, -0.2) is 6.08 Å². The van der Waals surface area contributed by atoms with Crippen LogP contribution in [-0.2, 0) is 26.5 Å². The molecule has 91 valence electrons. The van der Waals surface area contributed by atoms with Gasteiger partial charge in [0.05, 0.1) is 14.9 Å². The molecule has 16 heavy (non-hydrogen) atoms. The average Bonchev–Trinajstić information content (AvgIpc) is 2.50. The Labute approximate surface area is 128 Å². The summed E-state index contributed by atoms with van der Waals surface area (Å²) >= 11 is 0. The monoisotopic (exact) mass is 313 g/mol. The van der Waals surface area contributed by atoms with Gasteiger partial charge in [0.2, 0.25) is 0 Å². The third-order valence-electron chi connectivity index (χ3n) is 2.05. The van der Waals surface area contributed by atoms with Gasteiger partial charge in [-0.05, 0) is 13.8 Å². The average molecular weight is 314 g/mol. The Morgan fingerprint density at radius 1 is 1.31 bits per heavy atom. The normalized spacial score (nSPS) is 15.0. The zero-order valence-electron chi connectivity index (χ0n) is 10.3. The minimum absolute atomic E-state index is 0. The maximum absolute atomic E-state index is 5.91. The molecule has 1 atom stereocenters. The zero-order chi connectivity index (χ0) is 9.84. The Bertz CT molecular complexity index is 230. The van der Waals surface area contributed by atoms with E-state index >= 15 is 0 Å². The molecule has 0 aliphatic heterocycles. The van der Waals surface area contributed by atoms with Crippen molar-refractivity contribution in [3.05, 3.63) is 23.8 Å². The summed E-state index contributed by atoms with van der Waals surface area (Å²) in [4.78, 5) is 0. The molecule has 0 spiro atoms. The van der Waals surface area contributed by atoms with Crippen LogP contribution in [0.5, 0.6) is 0 Å². The fourth-order valence-corrected chi connectivity index (χ4v) is 3.08. The molecule has 0 N–H and O–H groups in total. The summed E-state index contributed by atoms with van der Waals surface area (Å²) in [5, 5.41) is 0. The molecule has 0 aromatic carbocycles. The first-order valence-electron chi connectivity index (χ1n) is 5.04. The number of allylic oxidation sites excluding steroid dienone is 2. The van der Waals surface area contributed by atoms with Crippen LogP contribution in [0.3, 0.4) is 0 Å². The molecule has 0 amide bonds. The predicted octanol–water partition coefficient (Wildman–Crippen LogP) is -3.50. The van der Waals surface area contributed by atoms with Crippen LogP contribution in [-0.4, -0.2) is 20.6 Å². The van der Waals surface area contributed by atoms with E-state index in [1.807, 2.05) is 0 Å². The number of hydrogen-bond acceptors (Lipinski definition) is 1. The Hall–Kier alpha value is 0.951. The van der Waals surface area contributed by atoms with Crippen LogP contribution < -0.4 is 24.8 Å². The van der Waals surface area contributed by atoms with Gasteiger partial charge in [0.25, 0.3) is 0 Å². The van der Waals surface area contributed by atoms with Gasteiger partial charge in [0.1, 0.15) is 0 Å². The van der Waals surface area contributed by atoms with E-state index in [2.05, 4.69) is 45.2 Å². The zero-order valence-corrected chi connectivity index (χ0v) is 14.5. The Balaban J connectivity index is -0.000000563. The summed E-state index contributed by atoms with van der Waals surface area (Å²) in [6.45, 7) is 8.85. The van der Waals surface area contributed by atoms with Crippen LogP contribution in [0.1, 0.15) is 20.3 Å². The van der Waals surface area contributed by atoms with Gasteiger partial charge < -0.3 is 29.6 Å². The maximum atomic E-state index is 5.91. The topological polar surface area (TPSA) is 9.23 Å². The molecule has 1 aliphatic rings. The molecular formula is C11H19Cl2OSiTi. The van der Waals surface area contributed by atoms with Gasteiger partial charge in [-0.15, -0.1) is 6.42 Å². The molecule has 1 unspecified atom stereocenters. The molecule has 0 aromatic heterocycles. The van der Waals surface area contributed by atoms with E-state index in [1.54, 1.807) is 0 Å². The van der Waals surface area contributed by atoms with Gasteiger partial charge in [-0.1, -0.05) is 13.1 Å². The van der Waals surface area contributed by atoms with Crippen molar-refractivity contribution in [2.75, 3.05) is 0 Å². The molecule has 0 saturated carbocycles. The number of hydrogen-bond donors (Lipinski definition) is 0. The van der Waals surface area contributed by atoms with E-state index in [-0.39, 0.29) is 46.5 Å². The van der Waals surface area contributed by atoms with Crippen LogP contribution in [0.2, 0.25) is 13.1 Å². The van der Waals surface area contributed by atoms with Gasteiger partial charge >= 0.3 is 21.7 Å². The fourth-order valence-electron chi connectivity index (χ4n) is 1.50. The second kappa shape index (κ2) is 11.1. The first-order valence-corrected chi connectivity index (χ1v) is 8.01. The second-order valence-corrected chi connectivity index (χ2v) is 7.18. The van der Waals surface area contributed by atoms with E-state index in [0.29, 0.717) is 11.8 Å². The van der Waals surface area contributed by atoms with Gasteiger partial charge in [0.15, 0.2) is 0 Å². The van der Waals surface area contributed by atoms with Crippen LogP contribution >= 0.6 is 0 Å². The van der Waals surface area contributed by atoms with Gasteiger partial charge in [-0.3, -0.25) is 6.08 Å². The van der Waals surface area contributed by atoms with Crippen LogP contribution in [0.15, 0.2) is 17.7 Å². The maximum Gasteiger partial charge on any atom is 3.00 e. The fraction of sp³-hybridized carbons (Fsp3) is 0.636. The van der Waals surface area contributed by atoms with E-state index in [9.17, 15) is 0 Å². The minimum atomic E-state index is -0.768. The molecule has 1 radical (unpaired) electrons. The van der Waals surface area contributed by atoms with E-state index < -0.39 is 8.80 Å². The van der Waals surface area contributed by atoms with Crippen molar-refractivity contribution >= 4 is 8.80 Å². The van der Waals surface area contributed by atoms with E-state index in [1.165, 1.54) is 5.57 Å². The van der Waals surface area contributed by atoms with Crippen LogP contribution in [0.4, 0.5) is 0 Å². The van der Waals surface area contributed by atoms with Gasteiger partial charge in [-0.2, -0.15) is 11.6 Å². The molecule has 0 fully saturated rings. The molecule has 0 aromatic rings. The Morgan fingerprint density at radius 2 is 1.88 bits per heavy atom. The Morgan fingerprint density at radius 3 is 2.19 bits per heavy atom. The summed E-state index contributed by atoms with van der Waals surface area (Å²) in [5.41, 5.74) is 1.65. The largest absolute Gasteiger partial charge is 3.00 e. The van der Waals surface area contributed by atoms with Crippen molar-refractivity contribution in [3.8, 4) is 0 Å². The second-order valence-electron chi connectivity index (χ2n) is 4.09. The minimum Gasteiger partial charge on any atom is -1.00 e. The number of halogens is 2. The third kappa shape index (κ3) is 7.31. The summed E-state index contributed by atoms with van der Waals surface area (Å²) in [6.07, 6.45) is 8.97. The molecule has 0 saturated heterocycles. The predicted molar refractivity (Wildman–Crippen MR) is 59.4 cm³/mol. The van der Waals surface area contributed by atoms with Gasteiger partial charge in [0, 0.05) is 5.73 Å². The third-order valence-corrected chi connectivity index (χ3v) is 3.78. The van der Waals surface area contributed by atoms with E-state index in [4.69, 9.17) is 4.74 Å². The molecule has 1 rings (SSSR count). The number of rotatable bonds is 4. The SMILES string of the molecule is CC(C)OC(C1=[C-]CC=C1)[SiH](C)C.[Cl-].[Cl-].[Ti+3].